The van der Waals surface area contributed by atoms with E-state index in [0.29, 0.717) is 0 Å². The van der Waals surface area contributed by atoms with E-state index in [1.54, 1.807) is 0 Å². The number of halogens is 1. The van der Waals surface area contributed by atoms with Crippen molar-refractivity contribution >= 4 is 11.7 Å². The van der Waals surface area contributed by atoms with Crippen LogP contribution in [-0.4, -0.2) is 40.5 Å². The zero-order valence-corrected chi connectivity index (χ0v) is 8.35. The molecule has 0 bridgehead atoms. The topological polar surface area (TPSA) is 89.8 Å². The number of benzene rings is 1. The first-order chi connectivity index (χ1) is 7.56. The molecule has 1 aromatic rings. The highest BCUT2D eigenvalue weighted by molar-refractivity contribution is 5.94. The number of para-hydroxylation sites is 1. The molecule has 6 heteroatoms. The predicted octanol–water partition coefficient (Wildman–Crippen LogP) is 0.289. The second-order valence-electron chi connectivity index (χ2n) is 3.18. The van der Waals surface area contributed by atoms with E-state index in [1.807, 2.05) is 0 Å². The molecule has 1 atom stereocenters. The van der Waals surface area contributed by atoms with Gasteiger partial charge in [0, 0.05) is 6.54 Å². The lowest BCUT2D eigenvalue weighted by Crippen LogP contribution is -2.24. The third kappa shape index (κ3) is 2.91. The Kier molecular flexibility index (Phi) is 4.21. The molecular formula is C10H12FNO4. The molecule has 0 saturated heterocycles. The Hall–Kier alpha value is -1.66. The third-order valence-corrected chi connectivity index (χ3v) is 1.97. The van der Waals surface area contributed by atoms with Gasteiger partial charge in [0.25, 0.3) is 0 Å². The molecule has 0 amide bonds. The van der Waals surface area contributed by atoms with Crippen molar-refractivity contribution in [1.29, 1.82) is 0 Å². The summed E-state index contributed by atoms with van der Waals surface area (Å²) in [5.74, 6) is -1.98. The van der Waals surface area contributed by atoms with Crippen molar-refractivity contribution < 1.29 is 24.5 Å². The summed E-state index contributed by atoms with van der Waals surface area (Å²) in [6, 6.07) is 3.64. The fourth-order valence-electron chi connectivity index (χ4n) is 1.17. The molecular weight excluding hydrogens is 217 g/mol. The van der Waals surface area contributed by atoms with Crippen LogP contribution in [0.4, 0.5) is 10.1 Å². The Balaban J connectivity index is 2.88. The SMILES string of the molecule is O=C(O)c1cccc(F)c1NCC(O)CO. The molecule has 0 aliphatic rings. The Labute approximate surface area is 91.2 Å². The van der Waals surface area contributed by atoms with E-state index in [9.17, 15) is 9.18 Å². The molecule has 0 fully saturated rings. The van der Waals surface area contributed by atoms with Crippen LogP contribution in [0.25, 0.3) is 0 Å². The number of carboxylic acid groups (broad SMARTS) is 1. The summed E-state index contributed by atoms with van der Waals surface area (Å²) in [4.78, 5) is 10.8. The van der Waals surface area contributed by atoms with E-state index < -0.39 is 24.5 Å². The minimum atomic E-state index is -1.26. The molecule has 0 heterocycles. The van der Waals surface area contributed by atoms with E-state index in [2.05, 4.69) is 5.32 Å². The smallest absolute Gasteiger partial charge is 0.337 e. The molecule has 1 rings (SSSR count). The van der Waals surface area contributed by atoms with Gasteiger partial charge in [-0.25, -0.2) is 9.18 Å². The minimum absolute atomic E-state index is 0.127. The molecule has 0 aliphatic carbocycles. The maximum Gasteiger partial charge on any atom is 0.337 e. The fraction of sp³-hybridized carbons (Fsp3) is 0.300. The molecule has 1 unspecified atom stereocenters. The van der Waals surface area contributed by atoms with Crippen LogP contribution in [0.5, 0.6) is 0 Å². The summed E-state index contributed by atoms with van der Waals surface area (Å²) in [5, 5.41) is 28.9. The quantitative estimate of drug-likeness (QED) is 0.582. The van der Waals surface area contributed by atoms with Gasteiger partial charge in [0.2, 0.25) is 0 Å². The van der Waals surface area contributed by atoms with E-state index in [-0.39, 0.29) is 17.8 Å². The second-order valence-corrected chi connectivity index (χ2v) is 3.18. The third-order valence-electron chi connectivity index (χ3n) is 1.97. The molecule has 0 aliphatic heterocycles. The van der Waals surface area contributed by atoms with Gasteiger partial charge >= 0.3 is 5.97 Å². The van der Waals surface area contributed by atoms with Gasteiger partial charge in [-0.05, 0) is 12.1 Å². The Morgan fingerprint density at radius 2 is 2.19 bits per heavy atom. The minimum Gasteiger partial charge on any atom is -0.478 e. The van der Waals surface area contributed by atoms with Gasteiger partial charge in [-0.1, -0.05) is 6.07 Å². The van der Waals surface area contributed by atoms with Crippen molar-refractivity contribution in [3.05, 3.63) is 29.6 Å². The van der Waals surface area contributed by atoms with E-state index in [1.165, 1.54) is 12.1 Å². The van der Waals surface area contributed by atoms with Crippen LogP contribution in [0.15, 0.2) is 18.2 Å². The average Bonchev–Trinajstić information content (AvgIpc) is 2.26. The number of hydrogen-bond acceptors (Lipinski definition) is 4. The van der Waals surface area contributed by atoms with Gasteiger partial charge in [0.05, 0.1) is 24.0 Å². The number of carboxylic acids is 1. The lowest BCUT2D eigenvalue weighted by molar-refractivity contribution is 0.0697. The fourth-order valence-corrected chi connectivity index (χ4v) is 1.17. The summed E-state index contributed by atoms with van der Waals surface area (Å²) in [7, 11) is 0. The highest BCUT2D eigenvalue weighted by Gasteiger charge is 2.14. The van der Waals surface area contributed by atoms with Crippen LogP contribution < -0.4 is 5.32 Å². The summed E-state index contributed by atoms with van der Waals surface area (Å²) < 4.78 is 13.3. The number of nitrogens with one attached hydrogen (secondary N) is 1. The lowest BCUT2D eigenvalue weighted by Gasteiger charge is -2.12. The average molecular weight is 229 g/mol. The van der Waals surface area contributed by atoms with Crippen LogP contribution in [0, 0.1) is 5.82 Å². The van der Waals surface area contributed by atoms with Crippen molar-refractivity contribution in [3.63, 3.8) is 0 Å². The first-order valence-corrected chi connectivity index (χ1v) is 4.61. The largest absolute Gasteiger partial charge is 0.478 e. The van der Waals surface area contributed by atoms with E-state index in [4.69, 9.17) is 15.3 Å². The van der Waals surface area contributed by atoms with Crippen molar-refractivity contribution in [1.82, 2.24) is 0 Å². The summed E-state index contributed by atoms with van der Waals surface area (Å²) in [6.07, 6.45) is -1.07. The van der Waals surface area contributed by atoms with Gasteiger partial charge in [0.15, 0.2) is 0 Å². The van der Waals surface area contributed by atoms with Crippen LogP contribution in [0.3, 0.4) is 0 Å². The number of carbonyl (C=O) groups is 1. The molecule has 16 heavy (non-hydrogen) atoms. The molecule has 88 valence electrons. The number of aromatic carboxylic acids is 1. The van der Waals surface area contributed by atoms with Crippen LogP contribution in [0.2, 0.25) is 0 Å². The monoisotopic (exact) mass is 229 g/mol. The van der Waals surface area contributed by atoms with Gasteiger partial charge in [-0.3, -0.25) is 0 Å². The van der Waals surface area contributed by atoms with Gasteiger partial charge in [-0.2, -0.15) is 0 Å². The molecule has 1 aromatic carbocycles. The predicted molar refractivity (Wildman–Crippen MR) is 54.9 cm³/mol. The standard InChI is InChI=1S/C10H12FNO4/c11-8-3-1-2-7(10(15)16)9(8)12-4-6(14)5-13/h1-3,6,12-14H,4-5H2,(H,15,16). The maximum absolute atomic E-state index is 13.3. The summed E-state index contributed by atoms with van der Waals surface area (Å²) in [6.45, 7) is -0.610. The highest BCUT2D eigenvalue weighted by Crippen LogP contribution is 2.19. The molecule has 0 aromatic heterocycles. The normalized spacial score (nSPS) is 12.2. The summed E-state index contributed by atoms with van der Waals surface area (Å²) >= 11 is 0. The molecule has 0 radical (unpaired) electrons. The van der Waals surface area contributed by atoms with Gasteiger partial charge in [-0.15, -0.1) is 0 Å². The Morgan fingerprint density at radius 1 is 1.50 bits per heavy atom. The number of hydrogen-bond donors (Lipinski definition) is 4. The first kappa shape index (κ1) is 12.4. The van der Waals surface area contributed by atoms with Gasteiger partial charge in [0.1, 0.15) is 5.82 Å². The van der Waals surface area contributed by atoms with Crippen molar-refractivity contribution in [2.24, 2.45) is 0 Å². The van der Waals surface area contributed by atoms with Gasteiger partial charge < -0.3 is 20.6 Å². The number of aliphatic hydroxyl groups is 2. The molecule has 0 saturated carbocycles. The van der Waals surface area contributed by atoms with Crippen molar-refractivity contribution in [3.8, 4) is 0 Å². The first-order valence-electron chi connectivity index (χ1n) is 4.61. The Morgan fingerprint density at radius 3 is 2.75 bits per heavy atom. The van der Waals surface area contributed by atoms with Crippen molar-refractivity contribution in [2.45, 2.75) is 6.10 Å². The lowest BCUT2D eigenvalue weighted by atomic mass is 10.1. The van der Waals surface area contributed by atoms with Crippen molar-refractivity contribution in [2.75, 3.05) is 18.5 Å². The summed E-state index contributed by atoms with van der Waals surface area (Å²) in [5.41, 5.74) is -0.410. The van der Waals surface area contributed by atoms with E-state index in [0.717, 1.165) is 6.07 Å². The second kappa shape index (κ2) is 5.43. The molecule has 4 N–H and O–H groups in total. The Bertz CT molecular complexity index is 383. The zero-order valence-electron chi connectivity index (χ0n) is 8.35. The number of aliphatic hydroxyl groups excluding tert-OH is 2. The van der Waals surface area contributed by atoms with Crippen LogP contribution in [0.1, 0.15) is 10.4 Å². The number of rotatable bonds is 5. The zero-order chi connectivity index (χ0) is 12.1. The maximum atomic E-state index is 13.3. The van der Waals surface area contributed by atoms with Crippen LogP contribution in [-0.2, 0) is 0 Å². The molecule has 0 spiro atoms. The molecule has 5 nitrogen and oxygen atoms in total. The van der Waals surface area contributed by atoms with E-state index >= 15 is 0 Å². The van der Waals surface area contributed by atoms with Crippen LogP contribution >= 0.6 is 0 Å². The highest BCUT2D eigenvalue weighted by atomic mass is 19.1. The number of anilines is 1.